The van der Waals surface area contributed by atoms with E-state index in [9.17, 15) is 4.79 Å². The number of rotatable bonds is 2. The summed E-state index contributed by atoms with van der Waals surface area (Å²) in [7, 11) is 0. The van der Waals surface area contributed by atoms with Gasteiger partial charge in [0.15, 0.2) is 5.82 Å². The summed E-state index contributed by atoms with van der Waals surface area (Å²) in [6.07, 6.45) is 0. The summed E-state index contributed by atoms with van der Waals surface area (Å²) >= 11 is 5.87. The van der Waals surface area contributed by atoms with Crippen molar-refractivity contribution in [3.63, 3.8) is 0 Å². The number of amides is 1. The standard InChI is InChI=1S/C12H8ClN5O2/c1-6-4-10(18-20-6)15-12(19)11-14-9-5-7(13)2-3-8(9)16-17-11/h2-5H,1H3,(H,15,18,19). The number of nitrogens with one attached hydrogen (secondary N) is 1. The zero-order valence-electron chi connectivity index (χ0n) is 10.3. The van der Waals surface area contributed by atoms with Gasteiger partial charge in [0.2, 0.25) is 5.82 Å². The summed E-state index contributed by atoms with van der Waals surface area (Å²) in [4.78, 5) is 16.1. The van der Waals surface area contributed by atoms with E-state index in [1.807, 2.05) is 0 Å². The molecular weight excluding hydrogens is 282 g/mol. The van der Waals surface area contributed by atoms with Crippen LogP contribution in [0.15, 0.2) is 28.8 Å². The molecule has 0 fully saturated rings. The normalized spacial score (nSPS) is 10.7. The van der Waals surface area contributed by atoms with Crippen molar-refractivity contribution in [1.29, 1.82) is 0 Å². The van der Waals surface area contributed by atoms with Gasteiger partial charge in [-0.25, -0.2) is 4.98 Å². The third kappa shape index (κ3) is 2.43. The van der Waals surface area contributed by atoms with Crippen LogP contribution in [0, 0.1) is 6.92 Å². The second-order valence-electron chi connectivity index (χ2n) is 4.05. The lowest BCUT2D eigenvalue weighted by Crippen LogP contribution is -2.16. The van der Waals surface area contributed by atoms with Crippen LogP contribution in [-0.4, -0.2) is 26.2 Å². The third-order valence-electron chi connectivity index (χ3n) is 2.49. The van der Waals surface area contributed by atoms with Crippen molar-refractivity contribution in [3.05, 3.63) is 40.9 Å². The van der Waals surface area contributed by atoms with Crippen LogP contribution in [0.4, 0.5) is 5.82 Å². The molecule has 7 nitrogen and oxygen atoms in total. The number of aryl methyl sites for hydroxylation is 1. The van der Waals surface area contributed by atoms with E-state index in [0.717, 1.165) is 0 Å². The van der Waals surface area contributed by atoms with E-state index in [0.29, 0.717) is 27.6 Å². The Kier molecular flexibility index (Phi) is 3.03. The first-order valence-electron chi connectivity index (χ1n) is 5.66. The monoisotopic (exact) mass is 289 g/mol. The van der Waals surface area contributed by atoms with Crippen LogP contribution in [0.5, 0.6) is 0 Å². The Hall–Kier alpha value is -2.54. The molecule has 0 atom stereocenters. The predicted molar refractivity (Wildman–Crippen MR) is 71.5 cm³/mol. The van der Waals surface area contributed by atoms with Crippen LogP contribution in [-0.2, 0) is 0 Å². The SMILES string of the molecule is Cc1cc(NC(=O)c2nnc3ccc(Cl)cc3n2)no1. The van der Waals surface area contributed by atoms with Crippen LogP contribution >= 0.6 is 11.6 Å². The van der Waals surface area contributed by atoms with Crippen molar-refractivity contribution in [2.24, 2.45) is 0 Å². The van der Waals surface area contributed by atoms with E-state index >= 15 is 0 Å². The molecule has 2 heterocycles. The lowest BCUT2D eigenvalue weighted by atomic mass is 10.3. The minimum absolute atomic E-state index is 0.0691. The summed E-state index contributed by atoms with van der Waals surface area (Å²) in [5, 5.41) is 14.4. The fraction of sp³-hybridized carbons (Fsp3) is 0.0833. The number of carbonyl (C=O) groups excluding carboxylic acids is 1. The van der Waals surface area contributed by atoms with Crippen molar-refractivity contribution >= 4 is 34.4 Å². The summed E-state index contributed by atoms with van der Waals surface area (Å²) in [5.74, 6) is 0.292. The molecule has 0 unspecified atom stereocenters. The third-order valence-corrected chi connectivity index (χ3v) is 2.72. The maximum absolute atomic E-state index is 12.0. The number of halogens is 1. The van der Waals surface area contributed by atoms with E-state index < -0.39 is 5.91 Å². The number of hydrogen-bond acceptors (Lipinski definition) is 6. The molecule has 0 aliphatic carbocycles. The van der Waals surface area contributed by atoms with E-state index in [1.54, 1.807) is 31.2 Å². The molecule has 0 aliphatic rings. The molecule has 3 rings (SSSR count). The van der Waals surface area contributed by atoms with Gasteiger partial charge >= 0.3 is 0 Å². The van der Waals surface area contributed by atoms with E-state index in [1.165, 1.54) is 0 Å². The minimum Gasteiger partial charge on any atom is -0.360 e. The molecule has 0 bridgehead atoms. The largest absolute Gasteiger partial charge is 0.360 e. The van der Waals surface area contributed by atoms with E-state index in [2.05, 4.69) is 25.7 Å². The lowest BCUT2D eigenvalue weighted by Gasteiger charge is -2.01. The molecule has 3 aromatic rings. The quantitative estimate of drug-likeness (QED) is 0.777. The van der Waals surface area contributed by atoms with Gasteiger partial charge in [-0.3, -0.25) is 4.79 Å². The Labute approximate surface area is 118 Å². The maximum Gasteiger partial charge on any atom is 0.296 e. The smallest absolute Gasteiger partial charge is 0.296 e. The molecule has 1 N–H and O–H groups in total. The molecule has 0 aliphatic heterocycles. The van der Waals surface area contributed by atoms with Gasteiger partial charge in [-0.2, -0.15) is 0 Å². The average Bonchev–Trinajstić information content (AvgIpc) is 2.83. The molecule has 20 heavy (non-hydrogen) atoms. The van der Waals surface area contributed by atoms with Crippen molar-refractivity contribution < 1.29 is 9.32 Å². The van der Waals surface area contributed by atoms with Gasteiger partial charge in [-0.15, -0.1) is 10.2 Å². The van der Waals surface area contributed by atoms with Crippen LogP contribution in [0.25, 0.3) is 11.0 Å². The first-order valence-corrected chi connectivity index (χ1v) is 6.04. The number of hydrogen-bond donors (Lipinski definition) is 1. The van der Waals surface area contributed by atoms with Gasteiger partial charge in [-0.05, 0) is 25.1 Å². The molecule has 0 radical (unpaired) electrons. The summed E-state index contributed by atoms with van der Waals surface area (Å²) in [6.45, 7) is 1.72. The van der Waals surface area contributed by atoms with Gasteiger partial charge < -0.3 is 9.84 Å². The predicted octanol–water partition coefficient (Wildman–Crippen LogP) is 2.23. The first-order chi connectivity index (χ1) is 9.61. The van der Waals surface area contributed by atoms with Crippen molar-refractivity contribution in [3.8, 4) is 0 Å². The highest BCUT2D eigenvalue weighted by molar-refractivity contribution is 6.31. The molecule has 2 aromatic heterocycles. The second kappa shape index (κ2) is 4.86. The molecule has 8 heteroatoms. The van der Waals surface area contributed by atoms with Crippen LogP contribution < -0.4 is 5.32 Å². The topological polar surface area (TPSA) is 93.8 Å². The number of aromatic nitrogens is 4. The Morgan fingerprint density at radius 3 is 2.85 bits per heavy atom. The highest BCUT2D eigenvalue weighted by Crippen LogP contribution is 2.15. The average molecular weight is 290 g/mol. The zero-order chi connectivity index (χ0) is 14.1. The Morgan fingerprint density at radius 1 is 1.25 bits per heavy atom. The molecule has 0 saturated carbocycles. The number of nitrogens with zero attached hydrogens (tertiary/aromatic N) is 4. The molecule has 100 valence electrons. The summed E-state index contributed by atoms with van der Waals surface area (Å²) in [5.41, 5.74) is 1.05. The van der Waals surface area contributed by atoms with Gasteiger partial charge in [0.05, 0.1) is 5.52 Å². The zero-order valence-corrected chi connectivity index (χ0v) is 11.0. The number of anilines is 1. The lowest BCUT2D eigenvalue weighted by molar-refractivity contribution is 0.101. The van der Waals surface area contributed by atoms with Crippen LogP contribution in [0.3, 0.4) is 0 Å². The molecule has 1 aromatic carbocycles. The minimum atomic E-state index is -0.521. The Bertz CT molecular complexity index is 801. The Morgan fingerprint density at radius 2 is 2.10 bits per heavy atom. The highest BCUT2D eigenvalue weighted by atomic mass is 35.5. The number of carbonyl (C=O) groups is 1. The summed E-state index contributed by atoms with van der Waals surface area (Å²) < 4.78 is 4.85. The van der Waals surface area contributed by atoms with Gasteiger partial charge in [0.25, 0.3) is 5.91 Å². The highest BCUT2D eigenvalue weighted by Gasteiger charge is 2.13. The van der Waals surface area contributed by atoms with Crippen molar-refractivity contribution in [1.82, 2.24) is 20.3 Å². The second-order valence-corrected chi connectivity index (χ2v) is 4.48. The summed E-state index contributed by atoms with van der Waals surface area (Å²) in [6, 6.07) is 6.56. The molecule has 0 spiro atoms. The van der Waals surface area contributed by atoms with E-state index in [4.69, 9.17) is 16.1 Å². The van der Waals surface area contributed by atoms with E-state index in [-0.39, 0.29) is 5.82 Å². The Balaban J connectivity index is 1.91. The van der Waals surface area contributed by atoms with Crippen LogP contribution in [0.1, 0.15) is 16.4 Å². The van der Waals surface area contributed by atoms with Crippen LogP contribution in [0.2, 0.25) is 5.02 Å². The molecular formula is C12H8ClN5O2. The van der Waals surface area contributed by atoms with Crippen molar-refractivity contribution in [2.45, 2.75) is 6.92 Å². The van der Waals surface area contributed by atoms with Crippen molar-refractivity contribution in [2.75, 3.05) is 5.32 Å². The molecule has 1 amide bonds. The van der Waals surface area contributed by atoms with Gasteiger partial charge in [-0.1, -0.05) is 16.8 Å². The first kappa shape index (κ1) is 12.5. The number of fused-ring (bicyclic) bond motifs is 1. The molecule has 0 saturated heterocycles. The maximum atomic E-state index is 12.0. The fourth-order valence-electron chi connectivity index (χ4n) is 1.60. The fourth-order valence-corrected chi connectivity index (χ4v) is 1.77. The van der Waals surface area contributed by atoms with Gasteiger partial charge in [0.1, 0.15) is 11.3 Å². The number of benzene rings is 1. The van der Waals surface area contributed by atoms with Gasteiger partial charge in [0, 0.05) is 11.1 Å².